The van der Waals surface area contributed by atoms with Crippen molar-refractivity contribution in [2.45, 2.75) is 32.3 Å². The molecule has 2 atom stereocenters. The number of rotatable bonds is 5. The molecular formula is C15H21N3O4. The van der Waals surface area contributed by atoms with E-state index in [0.717, 1.165) is 11.5 Å². The summed E-state index contributed by atoms with van der Waals surface area (Å²) in [5, 5.41) is 3.88. The van der Waals surface area contributed by atoms with Crippen LogP contribution in [0.3, 0.4) is 0 Å². The minimum absolute atomic E-state index is 0.0713. The van der Waals surface area contributed by atoms with Gasteiger partial charge in [-0.1, -0.05) is 5.16 Å². The van der Waals surface area contributed by atoms with Crippen LogP contribution in [-0.4, -0.2) is 48.2 Å². The second-order valence-electron chi connectivity index (χ2n) is 6.33. The van der Waals surface area contributed by atoms with Gasteiger partial charge in [0.25, 0.3) is 0 Å². The highest BCUT2D eigenvalue weighted by Crippen LogP contribution is 2.47. The molecule has 1 aliphatic heterocycles. The number of hydrogen-bond acceptors (Lipinski definition) is 5. The van der Waals surface area contributed by atoms with Gasteiger partial charge in [0.2, 0.25) is 11.8 Å². The highest BCUT2D eigenvalue weighted by molar-refractivity contribution is 6.07. The third-order valence-electron chi connectivity index (χ3n) is 4.74. The summed E-state index contributed by atoms with van der Waals surface area (Å²) in [6, 6.07) is 1.89. The smallest absolute Gasteiger partial charge is 0.238 e. The number of aryl methyl sites for hydroxylation is 1. The standard InChI is InChI=1S/C15H21N3O4/c1-9-5-11(22-17-9)6-10-7-18(8-12(10)21-2)14(20)15(3-4-15)13(16)19/h5,10,12H,3-4,6-8H2,1-2H3,(H2,16,19)/t10-,12+/m1/s1. The largest absolute Gasteiger partial charge is 0.379 e. The molecule has 1 aliphatic carbocycles. The molecule has 2 amide bonds. The quantitative estimate of drug-likeness (QED) is 0.787. The average molecular weight is 307 g/mol. The van der Waals surface area contributed by atoms with E-state index in [4.69, 9.17) is 15.0 Å². The number of aromatic nitrogens is 1. The molecule has 1 aromatic rings. The van der Waals surface area contributed by atoms with Crippen molar-refractivity contribution in [1.82, 2.24) is 10.1 Å². The molecule has 2 heterocycles. The fourth-order valence-electron chi connectivity index (χ4n) is 3.23. The van der Waals surface area contributed by atoms with Gasteiger partial charge >= 0.3 is 0 Å². The molecule has 2 aliphatic rings. The zero-order chi connectivity index (χ0) is 15.9. The lowest BCUT2D eigenvalue weighted by atomic mass is 10.0. The van der Waals surface area contributed by atoms with Crippen LogP contribution >= 0.6 is 0 Å². The second kappa shape index (κ2) is 5.39. The van der Waals surface area contributed by atoms with Gasteiger partial charge in [0.15, 0.2) is 0 Å². The molecule has 0 bridgehead atoms. The van der Waals surface area contributed by atoms with Crippen LogP contribution in [0.4, 0.5) is 0 Å². The van der Waals surface area contributed by atoms with E-state index < -0.39 is 11.3 Å². The van der Waals surface area contributed by atoms with Crippen molar-refractivity contribution < 1.29 is 18.8 Å². The maximum absolute atomic E-state index is 12.6. The number of hydrogen-bond donors (Lipinski definition) is 1. The lowest BCUT2D eigenvalue weighted by molar-refractivity contribution is -0.142. The van der Waals surface area contributed by atoms with Crippen LogP contribution in [0.5, 0.6) is 0 Å². The molecule has 22 heavy (non-hydrogen) atoms. The van der Waals surface area contributed by atoms with Crippen molar-refractivity contribution in [3.05, 3.63) is 17.5 Å². The Bertz CT molecular complexity index is 593. The van der Waals surface area contributed by atoms with E-state index in [1.807, 2.05) is 13.0 Å². The van der Waals surface area contributed by atoms with Crippen LogP contribution in [0.15, 0.2) is 10.6 Å². The number of nitrogens with zero attached hydrogens (tertiary/aromatic N) is 2. The minimum atomic E-state index is -0.962. The summed E-state index contributed by atoms with van der Waals surface area (Å²) in [5.41, 5.74) is 5.26. The molecule has 1 saturated heterocycles. The highest BCUT2D eigenvalue weighted by Gasteiger charge is 2.58. The third kappa shape index (κ3) is 2.49. The molecule has 0 aromatic carbocycles. The Morgan fingerprint density at radius 3 is 2.73 bits per heavy atom. The summed E-state index contributed by atoms with van der Waals surface area (Å²) in [7, 11) is 1.64. The number of primary amides is 1. The molecule has 0 radical (unpaired) electrons. The number of methoxy groups -OCH3 is 1. The Hall–Kier alpha value is -1.89. The zero-order valence-electron chi connectivity index (χ0n) is 12.9. The molecule has 1 saturated carbocycles. The van der Waals surface area contributed by atoms with Gasteiger partial charge in [-0.15, -0.1) is 0 Å². The molecule has 1 aromatic heterocycles. The topological polar surface area (TPSA) is 98.7 Å². The van der Waals surface area contributed by atoms with E-state index in [2.05, 4.69) is 5.16 Å². The van der Waals surface area contributed by atoms with Crippen LogP contribution < -0.4 is 5.73 Å². The van der Waals surface area contributed by atoms with Crippen LogP contribution in [0.1, 0.15) is 24.3 Å². The monoisotopic (exact) mass is 307 g/mol. The first-order chi connectivity index (χ1) is 10.5. The Balaban J connectivity index is 1.69. The second-order valence-corrected chi connectivity index (χ2v) is 6.33. The van der Waals surface area contributed by atoms with Gasteiger partial charge in [-0.2, -0.15) is 0 Å². The zero-order valence-corrected chi connectivity index (χ0v) is 12.9. The van der Waals surface area contributed by atoms with Gasteiger partial charge in [0, 0.05) is 38.6 Å². The molecule has 0 spiro atoms. The first kappa shape index (κ1) is 15.0. The van der Waals surface area contributed by atoms with E-state index >= 15 is 0 Å². The van der Waals surface area contributed by atoms with Crippen molar-refractivity contribution in [3.63, 3.8) is 0 Å². The van der Waals surface area contributed by atoms with Crippen LogP contribution in [0, 0.1) is 18.3 Å². The molecular weight excluding hydrogens is 286 g/mol. The summed E-state index contributed by atoms with van der Waals surface area (Å²) in [5.74, 6) is 0.249. The van der Waals surface area contributed by atoms with Crippen LogP contribution in [-0.2, 0) is 20.7 Å². The minimum Gasteiger partial charge on any atom is -0.379 e. The lowest BCUT2D eigenvalue weighted by Gasteiger charge is -2.20. The predicted molar refractivity (Wildman–Crippen MR) is 76.7 cm³/mol. The summed E-state index contributed by atoms with van der Waals surface area (Å²) in [6.07, 6.45) is 1.70. The Morgan fingerprint density at radius 1 is 1.50 bits per heavy atom. The number of carbonyl (C=O) groups excluding carboxylic acids is 2. The van der Waals surface area contributed by atoms with Gasteiger partial charge in [-0.05, 0) is 19.8 Å². The third-order valence-corrected chi connectivity index (χ3v) is 4.74. The van der Waals surface area contributed by atoms with Crippen LogP contribution in [0.2, 0.25) is 0 Å². The SMILES string of the molecule is CO[C@H]1CN(C(=O)C2(C(N)=O)CC2)C[C@H]1Cc1cc(C)no1. The van der Waals surface area contributed by atoms with Crippen molar-refractivity contribution in [1.29, 1.82) is 0 Å². The molecule has 0 unspecified atom stereocenters. The fourth-order valence-corrected chi connectivity index (χ4v) is 3.23. The Labute approximate surface area is 128 Å². The summed E-state index contributed by atoms with van der Waals surface area (Å²) < 4.78 is 10.8. The van der Waals surface area contributed by atoms with Crippen LogP contribution in [0.25, 0.3) is 0 Å². The van der Waals surface area contributed by atoms with E-state index in [0.29, 0.717) is 32.4 Å². The van der Waals surface area contributed by atoms with Gasteiger partial charge in [0.1, 0.15) is 11.2 Å². The van der Waals surface area contributed by atoms with Crippen molar-refractivity contribution in [2.75, 3.05) is 20.2 Å². The van der Waals surface area contributed by atoms with Crippen molar-refractivity contribution >= 4 is 11.8 Å². The Morgan fingerprint density at radius 2 is 2.23 bits per heavy atom. The predicted octanol–water partition coefficient (Wildman–Crippen LogP) is 0.264. The fraction of sp³-hybridized carbons (Fsp3) is 0.667. The first-order valence-corrected chi connectivity index (χ1v) is 7.50. The number of carbonyl (C=O) groups is 2. The number of ether oxygens (including phenoxy) is 1. The number of likely N-dealkylation sites (tertiary alicyclic amines) is 1. The highest BCUT2D eigenvalue weighted by atomic mass is 16.5. The first-order valence-electron chi connectivity index (χ1n) is 7.50. The molecule has 3 rings (SSSR count). The average Bonchev–Trinajstić information content (AvgIpc) is 3.06. The molecule has 2 fully saturated rings. The summed E-state index contributed by atoms with van der Waals surface area (Å²) in [6.45, 7) is 2.91. The van der Waals surface area contributed by atoms with Gasteiger partial charge in [0.05, 0.1) is 11.8 Å². The molecule has 120 valence electrons. The summed E-state index contributed by atoms with van der Waals surface area (Å²) >= 11 is 0. The normalized spacial score (nSPS) is 26.2. The van der Waals surface area contributed by atoms with Crippen molar-refractivity contribution in [3.8, 4) is 0 Å². The van der Waals surface area contributed by atoms with Gasteiger partial charge < -0.3 is 19.9 Å². The van der Waals surface area contributed by atoms with Crippen molar-refractivity contribution in [2.24, 2.45) is 17.1 Å². The van der Waals surface area contributed by atoms with Gasteiger partial charge in [-0.3, -0.25) is 9.59 Å². The molecule has 2 N–H and O–H groups in total. The van der Waals surface area contributed by atoms with E-state index in [-0.39, 0.29) is 17.9 Å². The van der Waals surface area contributed by atoms with E-state index in [9.17, 15) is 9.59 Å². The van der Waals surface area contributed by atoms with Gasteiger partial charge in [-0.25, -0.2) is 0 Å². The molecule has 7 nitrogen and oxygen atoms in total. The summed E-state index contributed by atoms with van der Waals surface area (Å²) in [4.78, 5) is 25.8. The number of amides is 2. The number of nitrogens with two attached hydrogens (primary N) is 1. The Kier molecular flexibility index (Phi) is 3.68. The maximum Gasteiger partial charge on any atom is 0.238 e. The lowest BCUT2D eigenvalue weighted by Crippen LogP contribution is -2.42. The van der Waals surface area contributed by atoms with E-state index in [1.165, 1.54) is 0 Å². The maximum atomic E-state index is 12.6. The van der Waals surface area contributed by atoms with E-state index in [1.54, 1.807) is 12.0 Å². The molecule has 7 heteroatoms.